The highest BCUT2D eigenvalue weighted by Gasteiger charge is 2.49. The van der Waals surface area contributed by atoms with E-state index < -0.39 is 21.8 Å². The third-order valence-electron chi connectivity index (χ3n) is 1.20. The normalized spacial score (nSPS) is 16.6. The summed E-state index contributed by atoms with van der Waals surface area (Å²) < 4.78 is 55.8. The van der Waals surface area contributed by atoms with Gasteiger partial charge in [0.1, 0.15) is 6.23 Å². The molecule has 0 saturated carbocycles. The van der Waals surface area contributed by atoms with Gasteiger partial charge in [-0.15, -0.1) is 0 Å². The molecule has 0 saturated heterocycles. The largest absolute Gasteiger partial charge is 0.511 e. The lowest BCUT2D eigenvalue weighted by atomic mass is 10.7. The van der Waals surface area contributed by atoms with Gasteiger partial charge in [-0.1, -0.05) is 0 Å². The molecule has 8 heteroatoms. The quantitative estimate of drug-likeness (QED) is 0.653. The first kappa shape index (κ1) is 11.7. The van der Waals surface area contributed by atoms with E-state index >= 15 is 0 Å². The van der Waals surface area contributed by atoms with Crippen molar-refractivity contribution in [1.82, 2.24) is 4.31 Å². The molecule has 1 unspecified atom stereocenters. The predicted octanol–water partition coefficient (Wildman–Crippen LogP) is 0.106. The predicted molar refractivity (Wildman–Crippen MR) is 34.4 cm³/mol. The maximum Gasteiger partial charge on any atom is 0.511 e. The van der Waals surface area contributed by atoms with E-state index in [4.69, 9.17) is 5.11 Å². The van der Waals surface area contributed by atoms with Crippen LogP contribution in [0.3, 0.4) is 0 Å². The van der Waals surface area contributed by atoms with Crippen LogP contribution < -0.4 is 0 Å². The van der Waals surface area contributed by atoms with Gasteiger partial charge >= 0.3 is 15.5 Å². The molecule has 0 aliphatic rings. The van der Waals surface area contributed by atoms with Crippen molar-refractivity contribution < 1.29 is 26.7 Å². The van der Waals surface area contributed by atoms with Crippen molar-refractivity contribution in [3.8, 4) is 0 Å². The number of aliphatic hydroxyl groups is 1. The van der Waals surface area contributed by atoms with Gasteiger partial charge in [0, 0.05) is 7.05 Å². The van der Waals surface area contributed by atoms with Crippen molar-refractivity contribution in [3.05, 3.63) is 0 Å². The maximum absolute atomic E-state index is 11.7. The minimum absolute atomic E-state index is 0.160. The van der Waals surface area contributed by atoms with Gasteiger partial charge < -0.3 is 5.11 Å². The Bertz CT molecular complexity index is 245. The molecule has 0 amide bonds. The van der Waals surface area contributed by atoms with Crippen LogP contribution in [-0.4, -0.2) is 36.6 Å². The van der Waals surface area contributed by atoms with E-state index in [0.717, 1.165) is 6.92 Å². The van der Waals surface area contributed by atoms with Crippen molar-refractivity contribution in [2.45, 2.75) is 18.7 Å². The maximum atomic E-state index is 11.7. The molecule has 0 fully saturated rings. The van der Waals surface area contributed by atoms with E-state index in [2.05, 4.69) is 0 Å². The third kappa shape index (κ3) is 2.08. The molecule has 0 heterocycles. The number of nitrogens with zero attached hydrogens (tertiary/aromatic N) is 1. The average Bonchev–Trinajstić information content (AvgIpc) is 1.83. The molecule has 4 nitrogen and oxygen atoms in total. The van der Waals surface area contributed by atoms with Crippen LogP contribution in [0, 0.1) is 0 Å². The van der Waals surface area contributed by atoms with Crippen molar-refractivity contribution >= 4 is 10.0 Å². The second-order valence-electron chi connectivity index (χ2n) is 2.10. The smallest absolute Gasteiger partial charge is 0.378 e. The van der Waals surface area contributed by atoms with Gasteiger partial charge in [-0.25, -0.2) is 8.42 Å². The lowest BCUT2D eigenvalue weighted by molar-refractivity contribution is -0.0535. The summed E-state index contributed by atoms with van der Waals surface area (Å²) in [5.41, 5.74) is -5.36. The van der Waals surface area contributed by atoms with Gasteiger partial charge in [-0.05, 0) is 6.92 Å². The molecule has 12 heavy (non-hydrogen) atoms. The number of sulfonamides is 1. The summed E-state index contributed by atoms with van der Waals surface area (Å²) in [5.74, 6) is 0. The summed E-state index contributed by atoms with van der Waals surface area (Å²) in [7, 11) is -4.75. The molecule has 0 aliphatic carbocycles. The van der Waals surface area contributed by atoms with Crippen LogP contribution in [0.15, 0.2) is 0 Å². The summed E-state index contributed by atoms with van der Waals surface area (Å²) in [4.78, 5) is 0. The molecule has 1 N–H and O–H groups in total. The van der Waals surface area contributed by atoms with Crippen LogP contribution in [0.2, 0.25) is 0 Å². The Morgan fingerprint density at radius 2 is 1.75 bits per heavy atom. The highest BCUT2D eigenvalue weighted by Crippen LogP contribution is 2.26. The monoisotopic (exact) mass is 207 g/mol. The van der Waals surface area contributed by atoms with Gasteiger partial charge in [-0.3, -0.25) is 0 Å². The Morgan fingerprint density at radius 1 is 1.42 bits per heavy atom. The fraction of sp³-hybridized carbons (Fsp3) is 1.00. The molecule has 0 radical (unpaired) electrons. The van der Waals surface area contributed by atoms with Crippen LogP contribution in [0.25, 0.3) is 0 Å². The molecule has 0 bridgehead atoms. The van der Waals surface area contributed by atoms with Crippen molar-refractivity contribution in [2.24, 2.45) is 0 Å². The van der Waals surface area contributed by atoms with Crippen LogP contribution in [0.1, 0.15) is 6.92 Å². The minimum atomic E-state index is -5.39. The van der Waals surface area contributed by atoms with Crippen LogP contribution in [0.5, 0.6) is 0 Å². The molecule has 74 valence electrons. The number of rotatable bonds is 2. The second-order valence-corrected chi connectivity index (χ2v) is 4.09. The van der Waals surface area contributed by atoms with Crippen LogP contribution in [0.4, 0.5) is 13.2 Å². The Morgan fingerprint density at radius 3 is 1.83 bits per heavy atom. The number of hydrogen-bond acceptors (Lipinski definition) is 3. The molecule has 0 aromatic carbocycles. The van der Waals surface area contributed by atoms with Gasteiger partial charge in [0.15, 0.2) is 0 Å². The summed E-state index contributed by atoms with van der Waals surface area (Å²) in [6.45, 7) is 0.920. The molecular formula is C4H8F3NO3S. The van der Waals surface area contributed by atoms with Crippen LogP contribution in [-0.2, 0) is 10.0 Å². The Labute approximate surface area is 67.6 Å². The average molecular weight is 207 g/mol. The van der Waals surface area contributed by atoms with E-state index in [1.54, 1.807) is 0 Å². The summed E-state index contributed by atoms with van der Waals surface area (Å²) in [6.07, 6.45) is -1.70. The van der Waals surface area contributed by atoms with E-state index in [1.807, 2.05) is 0 Å². The van der Waals surface area contributed by atoms with E-state index in [0.29, 0.717) is 7.05 Å². The zero-order valence-electron chi connectivity index (χ0n) is 6.33. The first-order valence-corrected chi connectivity index (χ1v) is 4.27. The Balaban J connectivity index is 4.89. The number of hydrogen-bond donors (Lipinski definition) is 1. The van der Waals surface area contributed by atoms with Gasteiger partial charge in [0.2, 0.25) is 0 Å². The molecule has 0 aliphatic heterocycles. The highest BCUT2D eigenvalue weighted by atomic mass is 32.2. The standard InChI is InChI=1S/C4H8F3NO3S/c1-3(9)8(2)12(10,11)4(5,6)7/h3,9H,1-2H3. The lowest BCUT2D eigenvalue weighted by Crippen LogP contribution is -2.42. The van der Waals surface area contributed by atoms with Gasteiger partial charge in [0.05, 0.1) is 0 Å². The molecule has 0 aromatic heterocycles. The van der Waals surface area contributed by atoms with Gasteiger partial charge in [0.25, 0.3) is 0 Å². The first-order chi connectivity index (χ1) is 5.10. The molecule has 0 spiro atoms. The number of halogens is 3. The SMILES string of the molecule is CC(O)N(C)S(=O)(=O)C(F)(F)F. The topological polar surface area (TPSA) is 57.6 Å². The zero-order valence-corrected chi connectivity index (χ0v) is 7.15. The van der Waals surface area contributed by atoms with Crippen LogP contribution >= 0.6 is 0 Å². The highest BCUT2D eigenvalue weighted by molar-refractivity contribution is 7.89. The number of alkyl halides is 3. The molecule has 0 aromatic rings. The second kappa shape index (κ2) is 3.19. The summed E-state index contributed by atoms with van der Waals surface area (Å²) in [5, 5.41) is 8.57. The lowest BCUT2D eigenvalue weighted by Gasteiger charge is -2.20. The summed E-state index contributed by atoms with van der Waals surface area (Å²) >= 11 is 0. The van der Waals surface area contributed by atoms with Crippen molar-refractivity contribution in [2.75, 3.05) is 7.05 Å². The fourth-order valence-electron chi connectivity index (χ4n) is 0.364. The molecule has 0 rings (SSSR count). The van der Waals surface area contributed by atoms with Gasteiger partial charge in [-0.2, -0.15) is 17.5 Å². The van der Waals surface area contributed by atoms with Crippen molar-refractivity contribution in [1.29, 1.82) is 0 Å². The third-order valence-corrected chi connectivity index (χ3v) is 2.85. The Kier molecular flexibility index (Phi) is 3.10. The zero-order chi connectivity index (χ0) is 10.2. The number of aliphatic hydroxyl groups excluding tert-OH is 1. The van der Waals surface area contributed by atoms with Crippen molar-refractivity contribution in [3.63, 3.8) is 0 Å². The van der Waals surface area contributed by atoms with E-state index in [-0.39, 0.29) is 4.31 Å². The first-order valence-electron chi connectivity index (χ1n) is 2.83. The molecule has 1 atom stereocenters. The van der Waals surface area contributed by atoms with E-state index in [9.17, 15) is 21.6 Å². The summed E-state index contributed by atoms with van der Waals surface area (Å²) in [6, 6.07) is 0. The Hall–Kier alpha value is -0.340. The fourth-order valence-corrected chi connectivity index (χ4v) is 1.09. The molecular weight excluding hydrogens is 199 g/mol. The van der Waals surface area contributed by atoms with E-state index in [1.165, 1.54) is 0 Å². The minimum Gasteiger partial charge on any atom is -0.378 e.